The standard InChI is InChI=1S/C14H25N5O/c1-4-20-14-12(15)13(16-10-17-14)19(3)9-11-5-7-18(2)8-6-11/h10-11H,4-9,15H2,1-3H3. The van der Waals surface area contributed by atoms with Gasteiger partial charge in [0.15, 0.2) is 5.82 Å². The molecular weight excluding hydrogens is 254 g/mol. The van der Waals surface area contributed by atoms with Crippen molar-refractivity contribution in [2.45, 2.75) is 19.8 Å². The third kappa shape index (κ3) is 3.50. The van der Waals surface area contributed by atoms with Crippen molar-refractivity contribution in [3.05, 3.63) is 6.33 Å². The molecule has 1 aromatic rings. The fourth-order valence-electron chi connectivity index (χ4n) is 2.65. The van der Waals surface area contributed by atoms with Crippen LogP contribution in [0, 0.1) is 5.92 Å². The summed E-state index contributed by atoms with van der Waals surface area (Å²) in [5, 5.41) is 0. The third-order valence-electron chi connectivity index (χ3n) is 3.84. The van der Waals surface area contributed by atoms with Crippen molar-refractivity contribution in [3.63, 3.8) is 0 Å². The molecule has 0 aliphatic carbocycles. The topological polar surface area (TPSA) is 67.5 Å². The number of nitrogens with two attached hydrogens (primary N) is 1. The van der Waals surface area contributed by atoms with Gasteiger partial charge < -0.3 is 20.3 Å². The van der Waals surface area contributed by atoms with Crippen LogP contribution < -0.4 is 15.4 Å². The van der Waals surface area contributed by atoms with E-state index in [1.807, 2.05) is 14.0 Å². The summed E-state index contributed by atoms with van der Waals surface area (Å²) in [4.78, 5) is 12.9. The number of ether oxygens (including phenoxy) is 1. The summed E-state index contributed by atoms with van der Waals surface area (Å²) < 4.78 is 5.42. The van der Waals surface area contributed by atoms with Crippen molar-refractivity contribution in [1.82, 2.24) is 14.9 Å². The van der Waals surface area contributed by atoms with E-state index in [0.717, 1.165) is 12.4 Å². The van der Waals surface area contributed by atoms with Gasteiger partial charge >= 0.3 is 0 Å². The Kier molecular flexibility index (Phi) is 5.00. The zero-order valence-corrected chi connectivity index (χ0v) is 12.7. The predicted molar refractivity (Wildman–Crippen MR) is 81.1 cm³/mol. The molecule has 2 N–H and O–H groups in total. The first-order valence-electron chi connectivity index (χ1n) is 7.24. The molecule has 0 radical (unpaired) electrons. The van der Waals surface area contributed by atoms with E-state index in [9.17, 15) is 0 Å². The molecule has 1 aromatic heterocycles. The highest BCUT2D eigenvalue weighted by atomic mass is 16.5. The molecule has 0 unspecified atom stereocenters. The van der Waals surface area contributed by atoms with Gasteiger partial charge in [-0.05, 0) is 45.8 Å². The summed E-state index contributed by atoms with van der Waals surface area (Å²) in [7, 11) is 4.21. The number of piperidine rings is 1. The molecule has 0 bridgehead atoms. The Hall–Kier alpha value is -1.56. The summed E-state index contributed by atoms with van der Waals surface area (Å²) in [5.74, 6) is 1.94. The van der Waals surface area contributed by atoms with Crippen LogP contribution >= 0.6 is 0 Å². The number of anilines is 2. The zero-order valence-electron chi connectivity index (χ0n) is 12.7. The zero-order chi connectivity index (χ0) is 14.5. The molecule has 0 spiro atoms. The number of hydrogen-bond donors (Lipinski definition) is 1. The number of nitrogens with zero attached hydrogens (tertiary/aromatic N) is 4. The average molecular weight is 279 g/mol. The van der Waals surface area contributed by atoms with E-state index in [0.29, 0.717) is 24.1 Å². The number of hydrogen-bond acceptors (Lipinski definition) is 6. The summed E-state index contributed by atoms with van der Waals surface area (Å²) in [6, 6.07) is 0. The first kappa shape index (κ1) is 14.8. The Morgan fingerprint density at radius 1 is 1.40 bits per heavy atom. The largest absolute Gasteiger partial charge is 0.476 e. The fraction of sp³-hybridized carbons (Fsp3) is 0.714. The second-order valence-electron chi connectivity index (χ2n) is 5.48. The van der Waals surface area contributed by atoms with Crippen LogP contribution in [0.2, 0.25) is 0 Å². The maximum atomic E-state index is 6.10. The number of rotatable bonds is 5. The van der Waals surface area contributed by atoms with Gasteiger partial charge in [-0.2, -0.15) is 4.98 Å². The molecule has 6 nitrogen and oxygen atoms in total. The minimum Gasteiger partial charge on any atom is -0.476 e. The van der Waals surface area contributed by atoms with Gasteiger partial charge in [0.1, 0.15) is 12.0 Å². The van der Waals surface area contributed by atoms with E-state index in [2.05, 4.69) is 26.8 Å². The van der Waals surface area contributed by atoms with Crippen LogP contribution in [-0.2, 0) is 0 Å². The van der Waals surface area contributed by atoms with Crippen LogP contribution in [0.1, 0.15) is 19.8 Å². The Bertz CT molecular complexity index is 432. The van der Waals surface area contributed by atoms with Gasteiger partial charge in [-0.3, -0.25) is 0 Å². The molecule has 0 aromatic carbocycles. The molecule has 6 heteroatoms. The van der Waals surface area contributed by atoms with Crippen molar-refractivity contribution >= 4 is 11.5 Å². The molecule has 2 heterocycles. The molecule has 1 aliphatic rings. The molecular formula is C14H25N5O. The normalized spacial score (nSPS) is 17.1. The summed E-state index contributed by atoms with van der Waals surface area (Å²) in [6.07, 6.45) is 3.97. The van der Waals surface area contributed by atoms with E-state index in [-0.39, 0.29) is 0 Å². The lowest BCUT2D eigenvalue weighted by Gasteiger charge is -2.32. The smallest absolute Gasteiger partial charge is 0.242 e. The van der Waals surface area contributed by atoms with E-state index < -0.39 is 0 Å². The van der Waals surface area contributed by atoms with Crippen molar-refractivity contribution < 1.29 is 4.74 Å². The molecule has 112 valence electrons. The molecule has 0 saturated carbocycles. The monoisotopic (exact) mass is 279 g/mol. The van der Waals surface area contributed by atoms with Crippen LogP contribution in [0.15, 0.2) is 6.33 Å². The van der Waals surface area contributed by atoms with Gasteiger partial charge in [-0.1, -0.05) is 0 Å². The van der Waals surface area contributed by atoms with Gasteiger partial charge in [-0.15, -0.1) is 0 Å². The van der Waals surface area contributed by atoms with Crippen LogP contribution in [0.4, 0.5) is 11.5 Å². The lowest BCUT2D eigenvalue weighted by Crippen LogP contribution is -2.36. The summed E-state index contributed by atoms with van der Waals surface area (Å²) >= 11 is 0. The minimum atomic E-state index is 0.479. The SMILES string of the molecule is CCOc1ncnc(N(C)CC2CCN(C)CC2)c1N. The van der Waals surface area contributed by atoms with Gasteiger partial charge in [0, 0.05) is 13.6 Å². The molecule has 20 heavy (non-hydrogen) atoms. The first-order chi connectivity index (χ1) is 9.61. The summed E-state index contributed by atoms with van der Waals surface area (Å²) in [5.41, 5.74) is 6.63. The van der Waals surface area contributed by atoms with E-state index in [4.69, 9.17) is 10.5 Å². The number of nitrogen functional groups attached to an aromatic ring is 1. The fourth-order valence-corrected chi connectivity index (χ4v) is 2.65. The first-order valence-corrected chi connectivity index (χ1v) is 7.24. The second-order valence-corrected chi connectivity index (χ2v) is 5.48. The molecule has 0 amide bonds. The Labute approximate surface area is 120 Å². The summed E-state index contributed by atoms with van der Waals surface area (Å²) in [6.45, 7) is 5.79. The van der Waals surface area contributed by atoms with Crippen LogP contribution in [0.25, 0.3) is 0 Å². The highest BCUT2D eigenvalue weighted by Crippen LogP contribution is 2.28. The van der Waals surface area contributed by atoms with Crippen LogP contribution in [0.5, 0.6) is 5.88 Å². The molecule has 1 saturated heterocycles. The van der Waals surface area contributed by atoms with E-state index >= 15 is 0 Å². The van der Waals surface area contributed by atoms with Crippen molar-refractivity contribution in [3.8, 4) is 5.88 Å². The number of aromatic nitrogens is 2. The van der Waals surface area contributed by atoms with Gasteiger partial charge in [0.05, 0.1) is 6.61 Å². The Morgan fingerprint density at radius 2 is 2.10 bits per heavy atom. The quantitative estimate of drug-likeness (QED) is 0.874. The van der Waals surface area contributed by atoms with E-state index in [1.165, 1.54) is 32.3 Å². The van der Waals surface area contributed by atoms with Crippen molar-refractivity contribution in [2.75, 3.05) is 51.0 Å². The van der Waals surface area contributed by atoms with Crippen molar-refractivity contribution in [1.29, 1.82) is 0 Å². The predicted octanol–water partition coefficient (Wildman–Crippen LogP) is 1.24. The molecule has 2 rings (SSSR count). The average Bonchev–Trinajstić information content (AvgIpc) is 2.44. The lowest BCUT2D eigenvalue weighted by molar-refractivity contribution is 0.222. The Morgan fingerprint density at radius 3 is 2.75 bits per heavy atom. The second kappa shape index (κ2) is 6.74. The van der Waals surface area contributed by atoms with E-state index in [1.54, 1.807) is 0 Å². The lowest BCUT2D eigenvalue weighted by atomic mass is 9.97. The maximum Gasteiger partial charge on any atom is 0.242 e. The van der Waals surface area contributed by atoms with Gasteiger partial charge in [0.2, 0.25) is 5.88 Å². The minimum absolute atomic E-state index is 0.479. The number of likely N-dealkylation sites (tertiary alicyclic amines) is 1. The molecule has 0 atom stereocenters. The Balaban J connectivity index is 2.01. The molecule has 1 fully saturated rings. The van der Waals surface area contributed by atoms with Crippen LogP contribution in [0.3, 0.4) is 0 Å². The van der Waals surface area contributed by atoms with Crippen molar-refractivity contribution in [2.24, 2.45) is 5.92 Å². The highest BCUT2D eigenvalue weighted by Gasteiger charge is 2.20. The van der Waals surface area contributed by atoms with Gasteiger partial charge in [-0.25, -0.2) is 4.98 Å². The van der Waals surface area contributed by atoms with Gasteiger partial charge in [0.25, 0.3) is 0 Å². The maximum absolute atomic E-state index is 6.10. The van der Waals surface area contributed by atoms with Crippen LogP contribution in [-0.4, -0.2) is 55.2 Å². The highest BCUT2D eigenvalue weighted by molar-refractivity contribution is 5.67. The third-order valence-corrected chi connectivity index (χ3v) is 3.84. The molecule has 1 aliphatic heterocycles.